The number of aromatic nitrogens is 2. The van der Waals surface area contributed by atoms with Crippen LogP contribution in [-0.2, 0) is 11.2 Å². The van der Waals surface area contributed by atoms with E-state index in [1.807, 2.05) is 73.8 Å². The fraction of sp³-hybridized carbons (Fsp3) is 0.182. The topological polar surface area (TPSA) is 79.8 Å². The summed E-state index contributed by atoms with van der Waals surface area (Å²) in [6.45, 7) is 3.95. The van der Waals surface area contributed by atoms with E-state index < -0.39 is 5.91 Å². The van der Waals surface area contributed by atoms with Gasteiger partial charge in [0.1, 0.15) is 5.01 Å². The van der Waals surface area contributed by atoms with Crippen molar-refractivity contribution in [2.45, 2.75) is 26.3 Å². The largest absolute Gasteiger partial charge is 0.493 e. The number of aromatic hydroxyl groups is 1. The number of thiazole rings is 1. The fourth-order valence-corrected chi connectivity index (χ4v) is 4.05. The molecule has 0 saturated carbocycles. The van der Waals surface area contributed by atoms with Crippen molar-refractivity contribution < 1.29 is 9.90 Å². The molecule has 0 bridgehead atoms. The molecule has 146 valence electrons. The van der Waals surface area contributed by atoms with Crippen molar-refractivity contribution >= 4 is 33.8 Å². The van der Waals surface area contributed by atoms with Crippen LogP contribution in [0.1, 0.15) is 24.9 Å². The third kappa shape index (κ3) is 3.82. The molecule has 0 aliphatic heterocycles. The van der Waals surface area contributed by atoms with Gasteiger partial charge in [0.15, 0.2) is 5.69 Å². The number of hydrogen-bond donors (Lipinski definition) is 1. The van der Waals surface area contributed by atoms with Crippen LogP contribution in [0.4, 0.5) is 5.69 Å². The number of fused-ring (bicyclic) bond motifs is 1. The van der Waals surface area contributed by atoms with Gasteiger partial charge in [-0.15, -0.1) is 21.6 Å². The summed E-state index contributed by atoms with van der Waals surface area (Å²) in [4.78, 5) is 16.9. The third-order valence-electron chi connectivity index (χ3n) is 4.56. The monoisotopic (exact) mass is 404 g/mol. The molecule has 0 fully saturated rings. The van der Waals surface area contributed by atoms with Crippen molar-refractivity contribution in [1.82, 2.24) is 9.55 Å². The first-order chi connectivity index (χ1) is 14.0. The third-order valence-corrected chi connectivity index (χ3v) is 5.41. The number of para-hydroxylation sites is 1. The first-order valence-corrected chi connectivity index (χ1v) is 10.2. The summed E-state index contributed by atoms with van der Waals surface area (Å²) >= 11 is 1.42. The summed E-state index contributed by atoms with van der Waals surface area (Å²) in [5.41, 5.74) is 3.02. The Balaban J connectivity index is 1.55. The predicted molar refractivity (Wildman–Crippen MR) is 115 cm³/mol. The van der Waals surface area contributed by atoms with E-state index in [0.29, 0.717) is 10.7 Å². The summed E-state index contributed by atoms with van der Waals surface area (Å²) < 4.78 is 1.78. The normalized spacial score (nSPS) is 11.7. The van der Waals surface area contributed by atoms with E-state index in [4.69, 9.17) is 0 Å². The van der Waals surface area contributed by atoms with E-state index in [1.165, 1.54) is 11.3 Å². The Labute approximate surface area is 172 Å². The van der Waals surface area contributed by atoms with Gasteiger partial charge in [-0.2, -0.15) is 0 Å². The van der Waals surface area contributed by atoms with Crippen molar-refractivity contribution in [3.8, 4) is 17.1 Å². The molecule has 7 heteroatoms. The molecule has 0 aliphatic carbocycles. The first-order valence-electron chi connectivity index (χ1n) is 9.31. The van der Waals surface area contributed by atoms with Gasteiger partial charge in [0, 0.05) is 22.4 Å². The van der Waals surface area contributed by atoms with Crippen molar-refractivity contribution in [3.05, 3.63) is 65.0 Å². The van der Waals surface area contributed by atoms with Gasteiger partial charge >= 0.3 is 0 Å². The summed E-state index contributed by atoms with van der Waals surface area (Å²) in [7, 11) is 0. The second-order valence-corrected chi connectivity index (χ2v) is 7.86. The van der Waals surface area contributed by atoms with E-state index in [0.717, 1.165) is 22.2 Å². The quantitative estimate of drug-likeness (QED) is 0.420. The molecule has 0 unspecified atom stereocenters. The molecular weight excluding hydrogens is 384 g/mol. The van der Waals surface area contributed by atoms with Crippen LogP contribution < -0.4 is 0 Å². The Morgan fingerprint density at radius 2 is 1.86 bits per heavy atom. The van der Waals surface area contributed by atoms with E-state index in [2.05, 4.69) is 15.2 Å². The molecule has 4 rings (SSSR count). The molecule has 29 heavy (non-hydrogen) atoms. The molecule has 4 aromatic rings. The van der Waals surface area contributed by atoms with Crippen molar-refractivity contribution in [3.63, 3.8) is 0 Å². The van der Waals surface area contributed by atoms with Gasteiger partial charge in [-0.25, -0.2) is 4.98 Å². The van der Waals surface area contributed by atoms with Crippen molar-refractivity contribution in [2.24, 2.45) is 10.2 Å². The number of hydrogen-bond acceptors (Lipinski definition) is 5. The summed E-state index contributed by atoms with van der Waals surface area (Å²) in [6.07, 6.45) is 0.0740. The molecule has 2 heterocycles. The number of rotatable bonds is 5. The fourth-order valence-electron chi connectivity index (χ4n) is 3.26. The average molecular weight is 404 g/mol. The lowest BCUT2D eigenvalue weighted by Crippen LogP contribution is -1.99. The van der Waals surface area contributed by atoms with Gasteiger partial charge in [-0.3, -0.25) is 4.79 Å². The van der Waals surface area contributed by atoms with Gasteiger partial charge in [-0.05, 0) is 19.9 Å². The van der Waals surface area contributed by atoms with Crippen LogP contribution in [0.25, 0.3) is 22.2 Å². The van der Waals surface area contributed by atoms with Gasteiger partial charge in [0.05, 0.1) is 17.6 Å². The van der Waals surface area contributed by atoms with Gasteiger partial charge < -0.3 is 9.67 Å². The zero-order chi connectivity index (χ0) is 20.4. The second kappa shape index (κ2) is 7.97. The Morgan fingerprint density at radius 3 is 2.62 bits per heavy atom. The van der Waals surface area contributed by atoms with Crippen LogP contribution in [0, 0.1) is 0 Å². The summed E-state index contributed by atoms with van der Waals surface area (Å²) in [5, 5.41) is 21.9. The minimum Gasteiger partial charge on any atom is -0.493 e. The molecule has 0 saturated heterocycles. The second-order valence-electron chi connectivity index (χ2n) is 6.92. The first kappa shape index (κ1) is 19.0. The SMILES string of the molecule is CC(C)n1c(O)c(N=NC(=O)Cc2nc(-c3ccccc3)cs2)c2ccccc21. The highest BCUT2D eigenvalue weighted by molar-refractivity contribution is 7.10. The minimum absolute atomic E-state index is 0.0124. The molecule has 0 radical (unpaired) electrons. The Hall–Kier alpha value is -3.32. The molecule has 0 aliphatic rings. The zero-order valence-corrected chi connectivity index (χ0v) is 16.9. The predicted octanol–water partition coefficient (Wildman–Crippen LogP) is 5.90. The summed E-state index contributed by atoms with van der Waals surface area (Å²) in [6, 6.07) is 17.4. The zero-order valence-electron chi connectivity index (χ0n) is 16.1. The number of amides is 1. The van der Waals surface area contributed by atoms with Crippen LogP contribution >= 0.6 is 11.3 Å². The highest BCUT2D eigenvalue weighted by Crippen LogP contribution is 2.40. The molecular formula is C22H20N4O2S. The van der Waals surface area contributed by atoms with Crippen LogP contribution in [0.5, 0.6) is 5.88 Å². The lowest BCUT2D eigenvalue weighted by atomic mass is 10.2. The van der Waals surface area contributed by atoms with E-state index in [-0.39, 0.29) is 18.3 Å². The van der Waals surface area contributed by atoms with Crippen molar-refractivity contribution in [1.29, 1.82) is 0 Å². The number of nitrogens with zero attached hydrogens (tertiary/aromatic N) is 4. The van der Waals surface area contributed by atoms with E-state index in [9.17, 15) is 9.90 Å². The highest BCUT2D eigenvalue weighted by atomic mass is 32.1. The Kier molecular flexibility index (Phi) is 5.22. The average Bonchev–Trinajstić information content (AvgIpc) is 3.29. The maximum absolute atomic E-state index is 12.3. The van der Waals surface area contributed by atoms with Gasteiger partial charge in [0.25, 0.3) is 5.91 Å². The lowest BCUT2D eigenvalue weighted by molar-refractivity contribution is -0.117. The number of carbonyl (C=O) groups is 1. The smallest absolute Gasteiger partial charge is 0.271 e. The summed E-state index contributed by atoms with van der Waals surface area (Å²) in [5.74, 6) is -0.391. The lowest BCUT2D eigenvalue weighted by Gasteiger charge is -2.10. The Morgan fingerprint density at radius 1 is 1.14 bits per heavy atom. The molecule has 2 aromatic heterocycles. The molecule has 0 atom stereocenters. The molecule has 0 spiro atoms. The van der Waals surface area contributed by atoms with E-state index >= 15 is 0 Å². The van der Waals surface area contributed by atoms with Crippen LogP contribution in [0.2, 0.25) is 0 Å². The molecule has 2 aromatic carbocycles. The number of carbonyl (C=O) groups excluding carboxylic acids is 1. The maximum atomic E-state index is 12.3. The molecule has 6 nitrogen and oxygen atoms in total. The minimum atomic E-state index is -0.403. The van der Waals surface area contributed by atoms with Crippen molar-refractivity contribution in [2.75, 3.05) is 0 Å². The molecule has 1 N–H and O–H groups in total. The van der Waals surface area contributed by atoms with Gasteiger partial charge in [0.2, 0.25) is 5.88 Å². The van der Waals surface area contributed by atoms with Crippen LogP contribution in [0.15, 0.2) is 70.2 Å². The van der Waals surface area contributed by atoms with Crippen LogP contribution in [-0.4, -0.2) is 20.6 Å². The standard InChI is InChI=1S/C22H20N4O2S/c1-14(2)26-18-11-7-6-10-16(18)21(22(26)28)25-24-19(27)12-20-23-17(13-29-20)15-8-4-3-5-9-15/h3-11,13-14,28H,12H2,1-2H3. The Bertz CT molecular complexity index is 1190. The number of benzene rings is 2. The highest BCUT2D eigenvalue weighted by Gasteiger charge is 2.18. The molecule has 1 amide bonds. The van der Waals surface area contributed by atoms with E-state index in [1.54, 1.807) is 4.57 Å². The number of azo groups is 1. The van der Waals surface area contributed by atoms with Gasteiger partial charge in [-0.1, -0.05) is 48.5 Å². The maximum Gasteiger partial charge on any atom is 0.271 e. The van der Waals surface area contributed by atoms with Crippen LogP contribution in [0.3, 0.4) is 0 Å².